The van der Waals surface area contributed by atoms with Gasteiger partial charge in [-0.3, -0.25) is 4.79 Å². The van der Waals surface area contributed by atoms with E-state index < -0.39 is 17.5 Å². The molecule has 0 spiro atoms. The molecule has 0 saturated heterocycles. The molecule has 1 amide bonds. The van der Waals surface area contributed by atoms with Crippen LogP contribution in [0.15, 0.2) is 30.9 Å². The number of nitrogens with zero attached hydrogens (tertiary/aromatic N) is 3. The molecular weight excluding hydrogens is 340 g/mol. The molecule has 0 unspecified atom stereocenters. The Morgan fingerprint density at radius 1 is 1.31 bits per heavy atom. The molecule has 1 aliphatic rings. The summed E-state index contributed by atoms with van der Waals surface area (Å²) in [6.07, 6.45) is 2.63. The van der Waals surface area contributed by atoms with E-state index in [1.165, 1.54) is 4.90 Å². The molecule has 26 heavy (non-hydrogen) atoms. The Kier molecular flexibility index (Phi) is 5.11. The SMILES string of the molecule is C=CCNc1nc(N)nc2c1CCN(C(=O)c1cc(F)ccc1F)CC2. The van der Waals surface area contributed by atoms with Gasteiger partial charge < -0.3 is 16.0 Å². The number of halogens is 2. The second-order valence-corrected chi connectivity index (χ2v) is 5.94. The second-order valence-electron chi connectivity index (χ2n) is 5.94. The third-order valence-corrected chi connectivity index (χ3v) is 4.22. The van der Waals surface area contributed by atoms with Gasteiger partial charge in [0, 0.05) is 31.6 Å². The van der Waals surface area contributed by atoms with Gasteiger partial charge in [0.05, 0.1) is 11.3 Å². The zero-order valence-corrected chi connectivity index (χ0v) is 14.1. The maximum Gasteiger partial charge on any atom is 0.256 e. The number of carbonyl (C=O) groups excluding carboxylic acids is 1. The summed E-state index contributed by atoms with van der Waals surface area (Å²) in [5, 5.41) is 3.12. The lowest BCUT2D eigenvalue weighted by Gasteiger charge is -2.20. The molecular formula is C18H19F2N5O. The zero-order chi connectivity index (χ0) is 18.7. The summed E-state index contributed by atoms with van der Waals surface area (Å²) in [6.45, 7) is 4.85. The van der Waals surface area contributed by atoms with E-state index in [0.717, 1.165) is 29.5 Å². The molecule has 0 radical (unpaired) electrons. The predicted molar refractivity (Wildman–Crippen MR) is 94.8 cm³/mol. The smallest absolute Gasteiger partial charge is 0.256 e. The van der Waals surface area contributed by atoms with Crippen molar-refractivity contribution in [2.75, 3.05) is 30.7 Å². The highest BCUT2D eigenvalue weighted by molar-refractivity contribution is 5.94. The van der Waals surface area contributed by atoms with Crippen LogP contribution in [0, 0.1) is 11.6 Å². The molecule has 136 valence electrons. The first-order valence-electron chi connectivity index (χ1n) is 8.24. The number of benzene rings is 1. The molecule has 3 rings (SSSR count). The van der Waals surface area contributed by atoms with Crippen molar-refractivity contribution in [1.29, 1.82) is 0 Å². The summed E-state index contributed by atoms with van der Waals surface area (Å²) >= 11 is 0. The second kappa shape index (κ2) is 7.47. The first kappa shape index (κ1) is 17.8. The van der Waals surface area contributed by atoms with Gasteiger partial charge in [-0.25, -0.2) is 13.8 Å². The molecule has 3 N–H and O–H groups in total. The van der Waals surface area contributed by atoms with Crippen LogP contribution in [0.3, 0.4) is 0 Å². The topological polar surface area (TPSA) is 84.1 Å². The maximum atomic E-state index is 13.9. The maximum absolute atomic E-state index is 13.9. The van der Waals surface area contributed by atoms with Crippen LogP contribution in [0.4, 0.5) is 20.5 Å². The van der Waals surface area contributed by atoms with E-state index >= 15 is 0 Å². The number of hydrogen-bond acceptors (Lipinski definition) is 5. The number of nitrogen functional groups attached to an aromatic ring is 1. The van der Waals surface area contributed by atoms with Crippen LogP contribution >= 0.6 is 0 Å². The Morgan fingerprint density at radius 2 is 2.08 bits per heavy atom. The van der Waals surface area contributed by atoms with Gasteiger partial charge in [-0.1, -0.05) is 6.08 Å². The van der Waals surface area contributed by atoms with Gasteiger partial charge in [0.25, 0.3) is 5.91 Å². The predicted octanol–water partition coefficient (Wildman–Crippen LogP) is 2.18. The largest absolute Gasteiger partial charge is 0.368 e. The van der Waals surface area contributed by atoms with Crippen molar-refractivity contribution < 1.29 is 13.6 Å². The fraction of sp³-hybridized carbons (Fsp3) is 0.278. The minimum atomic E-state index is -0.740. The van der Waals surface area contributed by atoms with Crippen molar-refractivity contribution in [2.24, 2.45) is 0 Å². The number of anilines is 2. The summed E-state index contributed by atoms with van der Waals surface area (Å²) in [7, 11) is 0. The Hall–Kier alpha value is -3.03. The summed E-state index contributed by atoms with van der Waals surface area (Å²) in [5.74, 6) is -1.18. The Bertz CT molecular complexity index is 856. The number of amides is 1. The van der Waals surface area contributed by atoms with Crippen molar-refractivity contribution in [3.8, 4) is 0 Å². The molecule has 1 aliphatic heterocycles. The fourth-order valence-corrected chi connectivity index (χ4v) is 2.97. The van der Waals surface area contributed by atoms with Crippen molar-refractivity contribution >= 4 is 17.7 Å². The third-order valence-electron chi connectivity index (χ3n) is 4.22. The van der Waals surface area contributed by atoms with Gasteiger partial charge in [-0.15, -0.1) is 6.58 Å². The van der Waals surface area contributed by atoms with E-state index in [0.29, 0.717) is 38.3 Å². The standard InChI is InChI=1S/C18H19F2N5O/c1-2-7-22-16-12-5-8-25(9-6-15(12)23-18(21)24-16)17(26)13-10-11(19)3-4-14(13)20/h2-4,10H,1,5-9H2,(H3,21,22,23,24). The molecule has 2 aromatic rings. The van der Waals surface area contributed by atoms with E-state index in [9.17, 15) is 13.6 Å². The summed E-state index contributed by atoms with van der Waals surface area (Å²) < 4.78 is 27.3. The Balaban J connectivity index is 1.84. The van der Waals surface area contributed by atoms with Crippen LogP contribution in [-0.2, 0) is 12.8 Å². The highest BCUT2D eigenvalue weighted by atomic mass is 19.1. The van der Waals surface area contributed by atoms with Gasteiger partial charge in [-0.2, -0.15) is 4.98 Å². The van der Waals surface area contributed by atoms with Gasteiger partial charge in [0.2, 0.25) is 5.95 Å². The van der Waals surface area contributed by atoms with E-state index in [2.05, 4.69) is 21.9 Å². The first-order chi connectivity index (χ1) is 12.5. The Morgan fingerprint density at radius 3 is 2.85 bits per heavy atom. The highest BCUT2D eigenvalue weighted by Crippen LogP contribution is 2.23. The van der Waals surface area contributed by atoms with E-state index in [1.807, 2.05) is 0 Å². The number of aromatic nitrogens is 2. The number of nitrogens with two attached hydrogens (primary N) is 1. The molecule has 0 atom stereocenters. The summed E-state index contributed by atoms with van der Waals surface area (Å²) in [4.78, 5) is 22.6. The molecule has 0 aliphatic carbocycles. The molecule has 1 aromatic carbocycles. The van der Waals surface area contributed by atoms with Gasteiger partial charge in [0.1, 0.15) is 17.5 Å². The van der Waals surface area contributed by atoms with E-state index in [4.69, 9.17) is 5.73 Å². The van der Waals surface area contributed by atoms with Crippen molar-refractivity contribution in [2.45, 2.75) is 12.8 Å². The number of rotatable bonds is 4. The zero-order valence-electron chi connectivity index (χ0n) is 14.1. The summed E-state index contributed by atoms with van der Waals surface area (Å²) in [5.41, 5.74) is 7.12. The van der Waals surface area contributed by atoms with Crippen LogP contribution < -0.4 is 11.1 Å². The van der Waals surface area contributed by atoms with E-state index in [-0.39, 0.29) is 11.5 Å². The van der Waals surface area contributed by atoms with E-state index in [1.54, 1.807) is 6.08 Å². The van der Waals surface area contributed by atoms with Gasteiger partial charge >= 0.3 is 0 Å². The van der Waals surface area contributed by atoms with Crippen LogP contribution in [0.25, 0.3) is 0 Å². The van der Waals surface area contributed by atoms with Crippen molar-refractivity contribution in [3.05, 3.63) is 59.3 Å². The molecule has 0 bridgehead atoms. The third kappa shape index (κ3) is 3.63. The van der Waals surface area contributed by atoms with Crippen molar-refractivity contribution in [1.82, 2.24) is 14.9 Å². The van der Waals surface area contributed by atoms with Crippen LogP contribution in [-0.4, -0.2) is 40.4 Å². The highest BCUT2D eigenvalue weighted by Gasteiger charge is 2.25. The molecule has 0 fully saturated rings. The average Bonchev–Trinajstić information content (AvgIpc) is 2.83. The molecule has 8 heteroatoms. The minimum Gasteiger partial charge on any atom is -0.368 e. The van der Waals surface area contributed by atoms with Crippen LogP contribution in [0.5, 0.6) is 0 Å². The quantitative estimate of drug-likeness (QED) is 0.818. The lowest BCUT2D eigenvalue weighted by atomic mass is 10.1. The number of fused-ring (bicyclic) bond motifs is 1. The minimum absolute atomic E-state index is 0.145. The van der Waals surface area contributed by atoms with Crippen molar-refractivity contribution in [3.63, 3.8) is 0 Å². The molecule has 6 nitrogen and oxygen atoms in total. The van der Waals surface area contributed by atoms with Gasteiger partial charge in [0.15, 0.2) is 0 Å². The lowest BCUT2D eigenvalue weighted by molar-refractivity contribution is 0.0757. The number of nitrogens with one attached hydrogen (secondary N) is 1. The lowest BCUT2D eigenvalue weighted by Crippen LogP contribution is -2.34. The Labute approximate surface area is 149 Å². The average molecular weight is 359 g/mol. The molecule has 1 aromatic heterocycles. The normalized spacial score (nSPS) is 13.7. The van der Waals surface area contributed by atoms with Gasteiger partial charge in [-0.05, 0) is 24.6 Å². The molecule has 2 heterocycles. The number of carbonyl (C=O) groups is 1. The van der Waals surface area contributed by atoms with Crippen LogP contribution in [0.1, 0.15) is 21.6 Å². The monoisotopic (exact) mass is 359 g/mol. The fourth-order valence-electron chi connectivity index (χ4n) is 2.97. The molecule has 0 saturated carbocycles. The summed E-state index contributed by atoms with van der Waals surface area (Å²) in [6, 6.07) is 2.86. The number of hydrogen-bond donors (Lipinski definition) is 2. The first-order valence-corrected chi connectivity index (χ1v) is 8.24. The van der Waals surface area contributed by atoms with Crippen LogP contribution in [0.2, 0.25) is 0 Å².